The van der Waals surface area contributed by atoms with Crippen LogP contribution in [0.15, 0.2) is 35.2 Å². The zero-order valence-electron chi connectivity index (χ0n) is 16.7. The molecule has 8 heteroatoms. The maximum atomic E-state index is 12.6. The molecule has 1 aliphatic heterocycles. The number of thiazole rings is 1. The number of anilines is 1. The van der Waals surface area contributed by atoms with E-state index in [-0.39, 0.29) is 5.91 Å². The molecule has 0 bridgehead atoms. The third-order valence-corrected chi connectivity index (χ3v) is 6.97. The first-order valence-electron chi connectivity index (χ1n) is 9.77. The number of carbonyl (C=O) groups excluding carboxylic acids is 1. The molecular weight excluding hydrogens is 402 g/mol. The SMILES string of the molecule is Cc1nc(-c2ccsc2)sc1C(=O)NCc1ccc(N2CCCN(C)CC2)nc1. The molecule has 152 valence electrons. The monoisotopic (exact) mass is 427 g/mol. The minimum Gasteiger partial charge on any atom is -0.355 e. The van der Waals surface area contributed by atoms with Crippen LogP contribution in [0.5, 0.6) is 0 Å². The lowest BCUT2D eigenvalue weighted by molar-refractivity contribution is 0.0954. The van der Waals surface area contributed by atoms with Crippen molar-refractivity contribution in [2.45, 2.75) is 19.9 Å². The maximum absolute atomic E-state index is 12.6. The van der Waals surface area contributed by atoms with Crippen LogP contribution < -0.4 is 10.2 Å². The summed E-state index contributed by atoms with van der Waals surface area (Å²) in [6.07, 6.45) is 3.01. The molecule has 4 rings (SSSR count). The van der Waals surface area contributed by atoms with Crippen LogP contribution in [0.4, 0.5) is 5.82 Å². The largest absolute Gasteiger partial charge is 0.355 e. The van der Waals surface area contributed by atoms with Gasteiger partial charge in [0, 0.05) is 43.3 Å². The summed E-state index contributed by atoms with van der Waals surface area (Å²) in [5.41, 5.74) is 2.84. The predicted molar refractivity (Wildman–Crippen MR) is 120 cm³/mol. The maximum Gasteiger partial charge on any atom is 0.263 e. The van der Waals surface area contributed by atoms with Crippen molar-refractivity contribution in [2.75, 3.05) is 38.1 Å². The smallest absolute Gasteiger partial charge is 0.263 e. The average Bonchev–Trinajstić information content (AvgIpc) is 3.34. The molecule has 1 aliphatic rings. The highest BCUT2D eigenvalue weighted by Crippen LogP contribution is 2.29. The molecule has 0 aliphatic carbocycles. The lowest BCUT2D eigenvalue weighted by Gasteiger charge is -2.21. The second-order valence-corrected chi connectivity index (χ2v) is 9.08. The molecule has 4 heterocycles. The molecule has 0 atom stereocenters. The number of nitrogens with zero attached hydrogens (tertiary/aromatic N) is 4. The third kappa shape index (κ3) is 4.83. The molecule has 0 unspecified atom stereocenters. The first-order chi connectivity index (χ1) is 14.1. The Bertz CT molecular complexity index is 952. The van der Waals surface area contributed by atoms with Gasteiger partial charge >= 0.3 is 0 Å². The fourth-order valence-corrected chi connectivity index (χ4v) is 5.06. The summed E-state index contributed by atoms with van der Waals surface area (Å²) in [6, 6.07) is 6.13. The number of rotatable bonds is 5. The van der Waals surface area contributed by atoms with Gasteiger partial charge in [0.2, 0.25) is 0 Å². The number of thiophene rings is 1. The summed E-state index contributed by atoms with van der Waals surface area (Å²) >= 11 is 3.07. The Hall–Kier alpha value is -2.29. The van der Waals surface area contributed by atoms with Crippen LogP contribution in [-0.4, -0.2) is 54.0 Å². The first-order valence-corrected chi connectivity index (χ1v) is 11.5. The Morgan fingerprint density at radius 1 is 1.21 bits per heavy atom. The predicted octanol–water partition coefficient (Wildman–Crippen LogP) is 3.65. The molecule has 3 aromatic heterocycles. The van der Waals surface area contributed by atoms with Gasteiger partial charge in [0.25, 0.3) is 5.91 Å². The van der Waals surface area contributed by atoms with Crippen LogP contribution >= 0.6 is 22.7 Å². The second kappa shape index (κ2) is 9.02. The number of aryl methyl sites for hydroxylation is 1. The number of hydrogen-bond donors (Lipinski definition) is 1. The Morgan fingerprint density at radius 3 is 2.86 bits per heavy atom. The Labute approximate surface area is 179 Å². The van der Waals surface area contributed by atoms with E-state index in [0.717, 1.165) is 60.2 Å². The summed E-state index contributed by atoms with van der Waals surface area (Å²) in [5.74, 6) is 0.926. The van der Waals surface area contributed by atoms with E-state index in [9.17, 15) is 4.79 Å². The minimum atomic E-state index is -0.0823. The third-order valence-electron chi connectivity index (χ3n) is 5.08. The van der Waals surface area contributed by atoms with Gasteiger partial charge in [-0.25, -0.2) is 9.97 Å². The zero-order chi connectivity index (χ0) is 20.2. The van der Waals surface area contributed by atoms with E-state index in [4.69, 9.17) is 0 Å². The van der Waals surface area contributed by atoms with Gasteiger partial charge in [-0.05, 0) is 50.0 Å². The topological polar surface area (TPSA) is 61.4 Å². The molecule has 6 nitrogen and oxygen atoms in total. The highest BCUT2D eigenvalue weighted by Gasteiger charge is 2.17. The van der Waals surface area contributed by atoms with Crippen molar-refractivity contribution in [1.29, 1.82) is 0 Å². The van der Waals surface area contributed by atoms with Crippen molar-refractivity contribution in [2.24, 2.45) is 0 Å². The van der Waals surface area contributed by atoms with E-state index >= 15 is 0 Å². The molecule has 0 aromatic carbocycles. The van der Waals surface area contributed by atoms with E-state index in [1.54, 1.807) is 11.3 Å². The van der Waals surface area contributed by atoms with Crippen molar-refractivity contribution >= 4 is 34.4 Å². The highest BCUT2D eigenvalue weighted by atomic mass is 32.1. The molecule has 1 fully saturated rings. The van der Waals surface area contributed by atoms with Crippen molar-refractivity contribution in [3.63, 3.8) is 0 Å². The van der Waals surface area contributed by atoms with Gasteiger partial charge in [-0.15, -0.1) is 11.3 Å². The molecule has 29 heavy (non-hydrogen) atoms. The van der Waals surface area contributed by atoms with E-state index in [1.807, 2.05) is 30.6 Å². The number of aromatic nitrogens is 2. The summed E-state index contributed by atoms with van der Waals surface area (Å²) < 4.78 is 0. The fourth-order valence-electron chi connectivity index (χ4n) is 3.36. The van der Waals surface area contributed by atoms with Crippen molar-refractivity contribution in [3.8, 4) is 10.6 Å². The Balaban J connectivity index is 1.36. The lowest BCUT2D eigenvalue weighted by atomic mass is 10.2. The molecular formula is C21H25N5OS2. The van der Waals surface area contributed by atoms with Crippen LogP contribution in [0.25, 0.3) is 10.6 Å². The van der Waals surface area contributed by atoms with Crippen LogP contribution in [0, 0.1) is 6.92 Å². The van der Waals surface area contributed by atoms with Gasteiger partial charge < -0.3 is 15.1 Å². The van der Waals surface area contributed by atoms with Crippen LogP contribution in [0.2, 0.25) is 0 Å². The number of nitrogens with one attached hydrogen (secondary N) is 1. The fraction of sp³-hybridized carbons (Fsp3) is 0.381. The molecule has 1 N–H and O–H groups in total. The van der Waals surface area contributed by atoms with Crippen LogP contribution in [-0.2, 0) is 6.54 Å². The van der Waals surface area contributed by atoms with E-state index < -0.39 is 0 Å². The highest BCUT2D eigenvalue weighted by molar-refractivity contribution is 7.17. The van der Waals surface area contributed by atoms with Crippen LogP contribution in [0.3, 0.4) is 0 Å². The van der Waals surface area contributed by atoms with Gasteiger partial charge in [0.15, 0.2) is 0 Å². The minimum absolute atomic E-state index is 0.0823. The Kier molecular flexibility index (Phi) is 6.22. The van der Waals surface area contributed by atoms with Gasteiger partial charge in [0.1, 0.15) is 15.7 Å². The number of carbonyl (C=O) groups is 1. The molecule has 1 amide bonds. The number of amides is 1. The van der Waals surface area contributed by atoms with Crippen molar-refractivity contribution in [3.05, 3.63) is 51.3 Å². The van der Waals surface area contributed by atoms with E-state index in [0.29, 0.717) is 11.4 Å². The standard InChI is InChI=1S/C21H25N5OS2/c1-15-19(29-21(24-15)17-6-11-28-14-17)20(27)23-13-16-4-5-18(22-12-16)26-8-3-7-25(2)9-10-26/h4-6,11-12,14H,3,7-10,13H2,1-2H3,(H,23,27). The molecule has 0 saturated carbocycles. The summed E-state index contributed by atoms with van der Waals surface area (Å²) in [5, 5.41) is 7.97. The second-order valence-electron chi connectivity index (χ2n) is 7.30. The molecule has 3 aromatic rings. The zero-order valence-corrected chi connectivity index (χ0v) is 18.4. The van der Waals surface area contributed by atoms with E-state index in [2.05, 4.69) is 43.6 Å². The lowest BCUT2D eigenvalue weighted by Crippen LogP contribution is -2.29. The Morgan fingerprint density at radius 2 is 2.10 bits per heavy atom. The number of hydrogen-bond acceptors (Lipinski definition) is 7. The van der Waals surface area contributed by atoms with E-state index in [1.165, 1.54) is 11.3 Å². The molecule has 1 saturated heterocycles. The van der Waals surface area contributed by atoms with Gasteiger partial charge in [-0.3, -0.25) is 4.79 Å². The summed E-state index contributed by atoms with van der Waals surface area (Å²) in [7, 11) is 2.16. The summed E-state index contributed by atoms with van der Waals surface area (Å²) in [4.78, 5) is 27.2. The number of likely N-dealkylation sites (N-methyl/N-ethyl adjacent to an activating group) is 1. The van der Waals surface area contributed by atoms with Gasteiger partial charge in [-0.1, -0.05) is 6.07 Å². The number of pyridine rings is 1. The van der Waals surface area contributed by atoms with Gasteiger partial charge in [0.05, 0.1) is 5.69 Å². The quantitative estimate of drug-likeness (QED) is 0.674. The summed E-state index contributed by atoms with van der Waals surface area (Å²) in [6.45, 7) is 6.56. The molecule has 0 radical (unpaired) electrons. The molecule has 0 spiro atoms. The first kappa shape index (κ1) is 20.0. The van der Waals surface area contributed by atoms with Gasteiger partial charge in [-0.2, -0.15) is 11.3 Å². The average molecular weight is 428 g/mol. The van der Waals surface area contributed by atoms with Crippen LogP contribution in [0.1, 0.15) is 27.3 Å². The van der Waals surface area contributed by atoms with Crippen molar-refractivity contribution in [1.82, 2.24) is 20.2 Å². The normalized spacial score (nSPS) is 15.3. The van der Waals surface area contributed by atoms with Crippen molar-refractivity contribution < 1.29 is 4.79 Å².